The van der Waals surface area contributed by atoms with Gasteiger partial charge in [-0.2, -0.15) is 0 Å². The minimum atomic E-state index is -1.09. The summed E-state index contributed by atoms with van der Waals surface area (Å²) in [4.78, 5) is 11.4. The second-order valence-corrected chi connectivity index (χ2v) is 4.68. The van der Waals surface area contributed by atoms with Gasteiger partial charge < -0.3 is 10.2 Å². The smallest absolute Gasteiger partial charge is 0.337 e. The Morgan fingerprint density at radius 1 is 1.35 bits per heavy atom. The van der Waals surface area contributed by atoms with Gasteiger partial charge >= 0.3 is 5.97 Å². The standard InChI is InChI=1S/C13H14ClN3O3/c1-2-3-11-15-16-12(7-18)17(11)10-5-4-8(14)6-9(10)13(19)20/h4-6,18H,2-3,7H2,1H3,(H,19,20). The molecule has 0 saturated heterocycles. The minimum Gasteiger partial charge on any atom is -0.478 e. The third kappa shape index (κ3) is 2.66. The van der Waals surface area contributed by atoms with Gasteiger partial charge in [0.1, 0.15) is 12.4 Å². The van der Waals surface area contributed by atoms with E-state index in [-0.39, 0.29) is 12.2 Å². The third-order valence-electron chi connectivity index (χ3n) is 2.84. The van der Waals surface area contributed by atoms with E-state index < -0.39 is 5.97 Å². The molecule has 0 aliphatic rings. The summed E-state index contributed by atoms with van der Waals surface area (Å²) in [7, 11) is 0. The number of rotatable bonds is 5. The summed E-state index contributed by atoms with van der Waals surface area (Å²) < 4.78 is 1.57. The predicted octanol–water partition coefficient (Wildman–Crippen LogP) is 2.06. The molecule has 6 nitrogen and oxygen atoms in total. The van der Waals surface area contributed by atoms with Crippen LogP contribution in [-0.2, 0) is 13.0 Å². The first kappa shape index (κ1) is 14.5. The Labute approximate surface area is 120 Å². The predicted molar refractivity (Wildman–Crippen MR) is 73.2 cm³/mol. The van der Waals surface area contributed by atoms with Gasteiger partial charge in [-0.25, -0.2) is 4.79 Å². The van der Waals surface area contributed by atoms with E-state index in [0.29, 0.717) is 28.8 Å². The number of carboxylic acid groups (broad SMARTS) is 1. The molecule has 0 spiro atoms. The van der Waals surface area contributed by atoms with Gasteiger partial charge in [0, 0.05) is 11.4 Å². The summed E-state index contributed by atoms with van der Waals surface area (Å²) in [6, 6.07) is 4.56. The minimum absolute atomic E-state index is 0.0457. The molecule has 2 rings (SSSR count). The molecular formula is C13H14ClN3O3. The normalized spacial score (nSPS) is 10.8. The number of aliphatic hydroxyl groups is 1. The van der Waals surface area contributed by atoms with Crippen molar-refractivity contribution in [2.24, 2.45) is 0 Å². The van der Waals surface area contributed by atoms with Crippen LogP contribution < -0.4 is 0 Å². The SMILES string of the molecule is CCCc1nnc(CO)n1-c1ccc(Cl)cc1C(=O)O. The van der Waals surface area contributed by atoms with Crippen molar-refractivity contribution in [1.29, 1.82) is 0 Å². The van der Waals surface area contributed by atoms with Gasteiger partial charge in [-0.05, 0) is 24.6 Å². The zero-order valence-corrected chi connectivity index (χ0v) is 11.6. The number of hydrogen-bond donors (Lipinski definition) is 2. The monoisotopic (exact) mass is 295 g/mol. The number of benzene rings is 1. The summed E-state index contributed by atoms with van der Waals surface area (Å²) in [6.07, 6.45) is 1.47. The van der Waals surface area contributed by atoms with Crippen LogP contribution in [0.4, 0.5) is 0 Å². The highest BCUT2D eigenvalue weighted by atomic mass is 35.5. The van der Waals surface area contributed by atoms with Crippen LogP contribution in [0.5, 0.6) is 0 Å². The molecular weight excluding hydrogens is 282 g/mol. The van der Waals surface area contributed by atoms with Crippen LogP contribution in [0.3, 0.4) is 0 Å². The highest BCUT2D eigenvalue weighted by molar-refractivity contribution is 6.31. The highest BCUT2D eigenvalue weighted by Crippen LogP contribution is 2.23. The maximum absolute atomic E-state index is 11.4. The number of carboxylic acids is 1. The van der Waals surface area contributed by atoms with E-state index in [2.05, 4.69) is 10.2 Å². The van der Waals surface area contributed by atoms with E-state index >= 15 is 0 Å². The molecule has 2 N–H and O–H groups in total. The van der Waals surface area contributed by atoms with Crippen LogP contribution in [0.25, 0.3) is 5.69 Å². The number of aliphatic hydroxyl groups excluding tert-OH is 1. The molecule has 0 bridgehead atoms. The summed E-state index contributed by atoms with van der Waals surface area (Å²) in [5.41, 5.74) is 0.448. The van der Waals surface area contributed by atoms with Crippen molar-refractivity contribution in [3.05, 3.63) is 40.4 Å². The zero-order valence-electron chi connectivity index (χ0n) is 10.9. The van der Waals surface area contributed by atoms with Crippen LogP contribution >= 0.6 is 11.6 Å². The number of hydrogen-bond acceptors (Lipinski definition) is 4. The van der Waals surface area contributed by atoms with E-state index in [4.69, 9.17) is 11.6 Å². The summed E-state index contributed by atoms with van der Waals surface area (Å²) in [6.45, 7) is 1.66. The van der Waals surface area contributed by atoms with Gasteiger partial charge in [0.15, 0.2) is 5.82 Å². The van der Waals surface area contributed by atoms with Gasteiger partial charge in [0.25, 0.3) is 0 Å². The van der Waals surface area contributed by atoms with Crippen LogP contribution in [-0.4, -0.2) is 30.9 Å². The first-order valence-electron chi connectivity index (χ1n) is 6.15. The second-order valence-electron chi connectivity index (χ2n) is 4.24. The van der Waals surface area contributed by atoms with Crippen LogP contribution in [0.15, 0.2) is 18.2 Å². The van der Waals surface area contributed by atoms with Gasteiger partial charge in [-0.1, -0.05) is 18.5 Å². The Kier molecular flexibility index (Phi) is 4.36. The van der Waals surface area contributed by atoms with Crippen molar-refractivity contribution in [2.75, 3.05) is 0 Å². The number of carbonyl (C=O) groups is 1. The largest absolute Gasteiger partial charge is 0.478 e. The molecule has 0 saturated carbocycles. The molecule has 0 amide bonds. The fraction of sp³-hybridized carbons (Fsp3) is 0.308. The van der Waals surface area contributed by atoms with Crippen molar-refractivity contribution < 1.29 is 15.0 Å². The van der Waals surface area contributed by atoms with Gasteiger partial charge in [-0.3, -0.25) is 4.57 Å². The fourth-order valence-electron chi connectivity index (χ4n) is 1.99. The Bertz CT molecular complexity index is 640. The molecule has 0 radical (unpaired) electrons. The number of nitrogens with zero attached hydrogens (tertiary/aromatic N) is 3. The number of aromatic nitrogens is 3. The first-order chi connectivity index (χ1) is 9.58. The Morgan fingerprint density at radius 2 is 2.05 bits per heavy atom. The lowest BCUT2D eigenvalue weighted by molar-refractivity contribution is 0.0697. The topological polar surface area (TPSA) is 88.2 Å². The van der Waals surface area contributed by atoms with Gasteiger partial charge in [0.05, 0.1) is 11.3 Å². The zero-order chi connectivity index (χ0) is 14.7. The van der Waals surface area contributed by atoms with Crippen LogP contribution in [0, 0.1) is 0 Å². The summed E-state index contributed by atoms with van der Waals surface area (Å²) in [5.74, 6) is -0.179. The molecule has 7 heteroatoms. The van der Waals surface area contributed by atoms with E-state index in [9.17, 15) is 15.0 Å². The average molecular weight is 296 g/mol. The van der Waals surface area contributed by atoms with E-state index in [1.54, 1.807) is 16.7 Å². The Hall–Kier alpha value is -1.92. The van der Waals surface area contributed by atoms with Crippen molar-refractivity contribution >= 4 is 17.6 Å². The Morgan fingerprint density at radius 3 is 2.65 bits per heavy atom. The molecule has 1 heterocycles. The molecule has 106 valence electrons. The van der Waals surface area contributed by atoms with E-state index in [0.717, 1.165) is 6.42 Å². The quantitative estimate of drug-likeness (QED) is 0.881. The maximum atomic E-state index is 11.4. The van der Waals surface area contributed by atoms with Crippen molar-refractivity contribution in [3.63, 3.8) is 0 Å². The van der Waals surface area contributed by atoms with Crippen molar-refractivity contribution in [3.8, 4) is 5.69 Å². The number of halogens is 1. The molecule has 0 aliphatic heterocycles. The van der Waals surface area contributed by atoms with E-state index in [1.807, 2.05) is 6.92 Å². The molecule has 0 fully saturated rings. The lowest BCUT2D eigenvalue weighted by Gasteiger charge is -2.12. The first-order valence-corrected chi connectivity index (χ1v) is 6.53. The highest BCUT2D eigenvalue weighted by Gasteiger charge is 2.19. The Balaban J connectivity index is 2.67. The molecule has 1 aromatic heterocycles. The van der Waals surface area contributed by atoms with Crippen molar-refractivity contribution in [2.45, 2.75) is 26.4 Å². The lowest BCUT2D eigenvalue weighted by atomic mass is 10.1. The lowest BCUT2D eigenvalue weighted by Crippen LogP contribution is -2.11. The second kappa shape index (κ2) is 6.02. The molecule has 20 heavy (non-hydrogen) atoms. The van der Waals surface area contributed by atoms with Crippen molar-refractivity contribution in [1.82, 2.24) is 14.8 Å². The van der Waals surface area contributed by atoms with Gasteiger partial charge in [0.2, 0.25) is 0 Å². The van der Waals surface area contributed by atoms with Gasteiger partial charge in [-0.15, -0.1) is 10.2 Å². The number of aromatic carboxylic acids is 1. The maximum Gasteiger partial charge on any atom is 0.337 e. The van der Waals surface area contributed by atoms with Crippen LogP contribution in [0.2, 0.25) is 5.02 Å². The average Bonchev–Trinajstić information content (AvgIpc) is 2.82. The molecule has 1 aromatic carbocycles. The number of aryl methyl sites for hydroxylation is 1. The molecule has 0 atom stereocenters. The van der Waals surface area contributed by atoms with E-state index in [1.165, 1.54) is 6.07 Å². The third-order valence-corrected chi connectivity index (χ3v) is 3.08. The summed E-state index contributed by atoms with van der Waals surface area (Å²) in [5, 5.41) is 26.9. The molecule has 0 unspecified atom stereocenters. The fourth-order valence-corrected chi connectivity index (χ4v) is 2.17. The van der Waals surface area contributed by atoms with Crippen LogP contribution in [0.1, 0.15) is 35.4 Å². The molecule has 0 aliphatic carbocycles. The summed E-state index contributed by atoms with van der Waals surface area (Å²) >= 11 is 5.84. The molecule has 2 aromatic rings.